The molecular formula is C16H20N4O3. The highest BCUT2D eigenvalue weighted by Crippen LogP contribution is 2.11. The van der Waals surface area contributed by atoms with Crippen molar-refractivity contribution in [2.75, 3.05) is 19.6 Å². The predicted molar refractivity (Wildman–Crippen MR) is 83.7 cm³/mol. The Morgan fingerprint density at radius 2 is 2.04 bits per heavy atom. The second-order valence-corrected chi connectivity index (χ2v) is 5.85. The lowest BCUT2D eigenvalue weighted by molar-refractivity contribution is -0.125. The average molecular weight is 316 g/mol. The maximum Gasteiger partial charge on any atom is 0.324 e. The summed E-state index contributed by atoms with van der Waals surface area (Å²) in [6.07, 6.45) is 2.05. The molecule has 1 atom stereocenters. The van der Waals surface area contributed by atoms with E-state index in [9.17, 15) is 14.4 Å². The Kier molecular flexibility index (Phi) is 4.57. The monoisotopic (exact) mass is 316 g/mol. The number of carbonyl (C=O) groups excluding carboxylic acids is 3. The Labute approximate surface area is 134 Å². The molecule has 0 aromatic heterocycles. The minimum absolute atomic E-state index is 0.0503. The summed E-state index contributed by atoms with van der Waals surface area (Å²) in [6.45, 7) is 2.08. The van der Waals surface area contributed by atoms with Gasteiger partial charge < -0.3 is 16.0 Å². The van der Waals surface area contributed by atoms with Crippen molar-refractivity contribution in [1.29, 1.82) is 0 Å². The molecule has 0 unspecified atom stereocenters. The fraction of sp³-hybridized carbons (Fsp3) is 0.438. The number of urea groups is 1. The summed E-state index contributed by atoms with van der Waals surface area (Å²) in [4.78, 5) is 36.4. The molecule has 2 aliphatic heterocycles. The molecule has 23 heavy (non-hydrogen) atoms. The van der Waals surface area contributed by atoms with Crippen molar-refractivity contribution >= 4 is 17.8 Å². The minimum atomic E-state index is -0.374. The number of amides is 4. The molecule has 122 valence electrons. The lowest BCUT2D eigenvalue weighted by atomic mass is 10.1. The second-order valence-electron chi connectivity index (χ2n) is 5.85. The molecule has 0 radical (unpaired) electrons. The van der Waals surface area contributed by atoms with Crippen LogP contribution >= 0.6 is 0 Å². The van der Waals surface area contributed by atoms with E-state index in [1.807, 2.05) is 0 Å². The summed E-state index contributed by atoms with van der Waals surface area (Å²) in [5.41, 5.74) is 1.39. The van der Waals surface area contributed by atoms with Crippen LogP contribution in [0.1, 0.15) is 28.8 Å². The van der Waals surface area contributed by atoms with Crippen LogP contribution in [-0.4, -0.2) is 48.4 Å². The van der Waals surface area contributed by atoms with Crippen molar-refractivity contribution in [3.8, 4) is 0 Å². The third-order valence-electron chi connectivity index (χ3n) is 4.13. The lowest BCUT2D eigenvalue weighted by Gasteiger charge is -2.23. The van der Waals surface area contributed by atoms with E-state index in [2.05, 4.69) is 16.0 Å². The molecule has 3 rings (SSSR count). The van der Waals surface area contributed by atoms with Gasteiger partial charge in [0.05, 0.1) is 13.1 Å². The van der Waals surface area contributed by atoms with Crippen LogP contribution in [0.2, 0.25) is 0 Å². The number of imide groups is 1. The van der Waals surface area contributed by atoms with E-state index < -0.39 is 0 Å². The first kappa shape index (κ1) is 15.5. The number of hydrogen-bond acceptors (Lipinski definition) is 4. The SMILES string of the molecule is O=C(N[C@H]1CCCNC1)c1ccc(CN2C(=O)CNC2=O)cc1. The normalized spacial score (nSPS) is 21.2. The summed E-state index contributed by atoms with van der Waals surface area (Å²) in [5.74, 6) is -0.332. The van der Waals surface area contributed by atoms with Gasteiger partial charge in [-0.1, -0.05) is 12.1 Å². The van der Waals surface area contributed by atoms with Crippen LogP contribution in [-0.2, 0) is 11.3 Å². The first-order valence-corrected chi connectivity index (χ1v) is 7.82. The molecule has 0 spiro atoms. The van der Waals surface area contributed by atoms with E-state index in [1.165, 1.54) is 4.90 Å². The van der Waals surface area contributed by atoms with Crippen LogP contribution < -0.4 is 16.0 Å². The van der Waals surface area contributed by atoms with Gasteiger partial charge in [0.25, 0.3) is 5.91 Å². The third kappa shape index (κ3) is 3.68. The zero-order chi connectivity index (χ0) is 16.2. The average Bonchev–Trinajstić information content (AvgIpc) is 2.88. The molecule has 0 bridgehead atoms. The highest BCUT2D eigenvalue weighted by Gasteiger charge is 2.28. The Balaban J connectivity index is 1.59. The number of carbonyl (C=O) groups is 3. The van der Waals surface area contributed by atoms with Gasteiger partial charge in [-0.25, -0.2) is 4.79 Å². The van der Waals surface area contributed by atoms with Crippen molar-refractivity contribution in [2.45, 2.75) is 25.4 Å². The van der Waals surface area contributed by atoms with Gasteiger partial charge in [-0.15, -0.1) is 0 Å². The van der Waals surface area contributed by atoms with Crippen molar-refractivity contribution < 1.29 is 14.4 Å². The molecular weight excluding hydrogens is 296 g/mol. The standard InChI is InChI=1S/C16H20N4O3/c21-14-9-18-16(23)20(14)10-11-3-5-12(6-4-11)15(22)19-13-2-1-7-17-8-13/h3-6,13,17H,1-2,7-10H2,(H,18,23)(H,19,22)/t13-/m0/s1. The number of hydrogen-bond donors (Lipinski definition) is 3. The molecule has 3 N–H and O–H groups in total. The molecule has 4 amide bonds. The Bertz CT molecular complexity index is 592. The van der Waals surface area contributed by atoms with E-state index in [0.29, 0.717) is 5.56 Å². The summed E-state index contributed by atoms with van der Waals surface area (Å²) in [6, 6.07) is 6.78. The van der Waals surface area contributed by atoms with E-state index >= 15 is 0 Å². The number of piperidine rings is 1. The summed E-state index contributed by atoms with van der Waals surface area (Å²) in [5, 5.41) is 8.75. The minimum Gasteiger partial charge on any atom is -0.348 e. The maximum atomic E-state index is 12.2. The molecule has 1 aromatic carbocycles. The topological polar surface area (TPSA) is 90.5 Å². The highest BCUT2D eigenvalue weighted by atomic mass is 16.2. The van der Waals surface area contributed by atoms with Crippen LogP contribution in [0.15, 0.2) is 24.3 Å². The Morgan fingerprint density at radius 3 is 2.65 bits per heavy atom. The number of benzene rings is 1. The van der Waals surface area contributed by atoms with Crippen LogP contribution in [0.4, 0.5) is 4.79 Å². The van der Waals surface area contributed by atoms with Crippen molar-refractivity contribution in [1.82, 2.24) is 20.9 Å². The lowest BCUT2D eigenvalue weighted by Crippen LogP contribution is -2.45. The third-order valence-corrected chi connectivity index (χ3v) is 4.13. The van der Waals surface area contributed by atoms with Crippen molar-refractivity contribution in [3.05, 3.63) is 35.4 Å². The number of nitrogens with zero attached hydrogens (tertiary/aromatic N) is 1. The van der Waals surface area contributed by atoms with Crippen LogP contribution in [0.5, 0.6) is 0 Å². The fourth-order valence-corrected chi connectivity index (χ4v) is 2.80. The van der Waals surface area contributed by atoms with Gasteiger partial charge in [0.1, 0.15) is 0 Å². The molecule has 0 aliphatic carbocycles. The van der Waals surface area contributed by atoms with Gasteiger partial charge in [0, 0.05) is 18.2 Å². The van der Waals surface area contributed by atoms with E-state index in [1.54, 1.807) is 24.3 Å². The van der Waals surface area contributed by atoms with Gasteiger partial charge in [-0.3, -0.25) is 14.5 Å². The fourth-order valence-electron chi connectivity index (χ4n) is 2.80. The van der Waals surface area contributed by atoms with E-state index in [-0.39, 0.29) is 37.0 Å². The zero-order valence-electron chi connectivity index (χ0n) is 12.8. The Morgan fingerprint density at radius 1 is 1.26 bits per heavy atom. The molecule has 0 saturated carbocycles. The van der Waals surface area contributed by atoms with E-state index in [0.717, 1.165) is 31.5 Å². The molecule has 7 nitrogen and oxygen atoms in total. The molecule has 2 heterocycles. The highest BCUT2D eigenvalue weighted by molar-refractivity contribution is 6.01. The Hall–Kier alpha value is -2.41. The molecule has 2 aliphatic rings. The number of rotatable bonds is 4. The molecule has 7 heteroatoms. The van der Waals surface area contributed by atoms with Crippen LogP contribution in [0, 0.1) is 0 Å². The van der Waals surface area contributed by atoms with Gasteiger partial charge in [0.15, 0.2) is 0 Å². The molecule has 2 saturated heterocycles. The van der Waals surface area contributed by atoms with Crippen LogP contribution in [0.25, 0.3) is 0 Å². The largest absolute Gasteiger partial charge is 0.348 e. The summed E-state index contributed by atoms with van der Waals surface area (Å²) >= 11 is 0. The molecule has 2 fully saturated rings. The quantitative estimate of drug-likeness (QED) is 0.693. The first-order chi connectivity index (χ1) is 11.1. The van der Waals surface area contributed by atoms with Gasteiger partial charge in [0.2, 0.25) is 5.91 Å². The second kappa shape index (κ2) is 6.78. The van der Waals surface area contributed by atoms with E-state index in [4.69, 9.17) is 0 Å². The predicted octanol–water partition coefficient (Wildman–Crippen LogP) is 0.220. The first-order valence-electron chi connectivity index (χ1n) is 7.82. The molecule has 1 aromatic rings. The van der Waals surface area contributed by atoms with Crippen molar-refractivity contribution in [3.63, 3.8) is 0 Å². The van der Waals surface area contributed by atoms with Gasteiger partial charge in [-0.2, -0.15) is 0 Å². The maximum absolute atomic E-state index is 12.2. The summed E-state index contributed by atoms with van der Waals surface area (Å²) in [7, 11) is 0. The van der Waals surface area contributed by atoms with Gasteiger partial charge in [-0.05, 0) is 37.1 Å². The van der Waals surface area contributed by atoms with Gasteiger partial charge >= 0.3 is 6.03 Å². The van der Waals surface area contributed by atoms with Crippen LogP contribution in [0.3, 0.4) is 0 Å². The smallest absolute Gasteiger partial charge is 0.324 e. The zero-order valence-corrected chi connectivity index (χ0v) is 12.8. The van der Waals surface area contributed by atoms with Crippen molar-refractivity contribution in [2.24, 2.45) is 0 Å². The number of nitrogens with one attached hydrogen (secondary N) is 3. The summed E-state index contributed by atoms with van der Waals surface area (Å²) < 4.78 is 0.